The molecule has 2 rings (SSSR count). The molecule has 0 atom stereocenters. The molecule has 2 nitrogen and oxygen atoms in total. The highest BCUT2D eigenvalue weighted by Gasteiger charge is 2.12. The van der Waals surface area contributed by atoms with E-state index < -0.39 is 0 Å². The monoisotopic (exact) mass is 405 g/mol. The molecular formula is C12H9Br2NOS2. The van der Waals surface area contributed by atoms with Gasteiger partial charge in [-0.25, -0.2) is 0 Å². The number of nitrogens with one attached hydrogen (secondary N) is 1. The molecule has 1 aromatic carbocycles. The second-order valence-electron chi connectivity index (χ2n) is 3.41. The molecule has 1 heterocycles. The number of amides is 1. The molecule has 0 saturated carbocycles. The van der Waals surface area contributed by atoms with E-state index in [1.807, 2.05) is 30.5 Å². The van der Waals surface area contributed by atoms with Crippen molar-refractivity contribution >= 4 is 66.6 Å². The maximum Gasteiger partial charge on any atom is 0.265 e. The lowest BCUT2D eigenvalue weighted by molar-refractivity contribution is 0.103. The minimum Gasteiger partial charge on any atom is -0.321 e. The lowest BCUT2D eigenvalue weighted by atomic mass is 10.3. The summed E-state index contributed by atoms with van der Waals surface area (Å²) in [6.45, 7) is 0. The zero-order valence-corrected chi connectivity index (χ0v) is 14.2. The zero-order valence-electron chi connectivity index (χ0n) is 9.37. The van der Waals surface area contributed by atoms with Crippen molar-refractivity contribution in [2.75, 3.05) is 11.6 Å². The Bertz CT molecular complexity index is 546. The van der Waals surface area contributed by atoms with Gasteiger partial charge in [-0.1, -0.05) is 0 Å². The van der Waals surface area contributed by atoms with Gasteiger partial charge in [0.15, 0.2) is 0 Å². The average Bonchev–Trinajstić information content (AvgIpc) is 2.71. The van der Waals surface area contributed by atoms with Crippen molar-refractivity contribution in [3.63, 3.8) is 0 Å². The van der Waals surface area contributed by atoms with E-state index >= 15 is 0 Å². The van der Waals surface area contributed by atoms with Crippen LogP contribution in [0.25, 0.3) is 0 Å². The Balaban J connectivity index is 2.10. The third-order valence-corrected chi connectivity index (χ3v) is 6.22. The van der Waals surface area contributed by atoms with Crippen LogP contribution in [-0.4, -0.2) is 12.2 Å². The maximum atomic E-state index is 12.0. The van der Waals surface area contributed by atoms with Gasteiger partial charge in [0.25, 0.3) is 5.91 Å². The van der Waals surface area contributed by atoms with Gasteiger partial charge in [-0.3, -0.25) is 4.79 Å². The normalized spacial score (nSPS) is 10.4. The van der Waals surface area contributed by atoms with E-state index in [0.29, 0.717) is 4.88 Å². The number of thioether (sulfide) groups is 1. The number of hydrogen-bond acceptors (Lipinski definition) is 3. The van der Waals surface area contributed by atoms with Gasteiger partial charge in [0.05, 0.1) is 8.66 Å². The van der Waals surface area contributed by atoms with E-state index in [1.165, 1.54) is 16.2 Å². The van der Waals surface area contributed by atoms with Gasteiger partial charge < -0.3 is 5.32 Å². The number of carbonyl (C=O) groups excluding carboxylic acids is 1. The summed E-state index contributed by atoms with van der Waals surface area (Å²) in [6.07, 6.45) is 2.02. The first-order chi connectivity index (χ1) is 8.60. The highest BCUT2D eigenvalue weighted by atomic mass is 79.9. The Labute approximate surface area is 130 Å². The molecule has 0 bridgehead atoms. The van der Waals surface area contributed by atoms with Crippen LogP contribution < -0.4 is 5.32 Å². The molecule has 1 N–H and O–H groups in total. The van der Waals surface area contributed by atoms with E-state index in [1.54, 1.807) is 17.8 Å². The van der Waals surface area contributed by atoms with E-state index in [2.05, 4.69) is 37.2 Å². The van der Waals surface area contributed by atoms with Gasteiger partial charge in [0.2, 0.25) is 0 Å². The molecule has 1 aromatic heterocycles. The SMILES string of the molecule is CSc1ccc(NC(=O)c2cc(Br)c(Br)s2)cc1. The van der Waals surface area contributed by atoms with Crippen molar-refractivity contribution in [3.05, 3.63) is 43.5 Å². The molecular weight excluding hydrogens is 398 g/mol. The van der Waals surface area contributed by atoms with Gasteiger partial charge in [0.1, 0.15) is 0 Å². The van der Waals surface area contributed by atoms with Crippen LogP contribution in [0.4, 0.5) is 5.69 Å². The summed E-state index contributed by atoms with van der Waals surface area (Å²) >= 11 is 9.82. The molecule has 1 amide bonds. The molecule has 94 valence electrons. The number of anilines is 1. The van der Waals surface area contributed by atoms with Crippen molar-refractivity contribution in [1.82, 2.24) is 0 Å². The highest BCUT2D eigenvalue weighted by molar-refractivity contribution is 9.13. The van der Waals surface area contributed by atoms with Crippen molar-refractivity contribution in [2.45, 2.75) is 4.90 Å². The highest BCUT2D eigenvalue weighted by Crippen LogP contribution is 2.32. The summed E-state index contributed by atoms with van der Waals surface area (Å²) in [5, 5.41) is 2.87. The number of halogens is 2. The first-order valence-electron chi connectivity index (χ1n) is 5.00. The van der Waals surface area contributed by atoms with E-state index in [4.69, 9.17) is 0 Å². The van der Waals surface area contributed by atoms with Crippen LogP contribution in [0.5, 0.6) is 0 Å². The van der Waals surface area contributed by atoms with Crippen LogP contribution in [-0.2, 0) is 0 Å². The summed E-state index contributed by atoms with van der Waals surface area (Å²) in [6, 6.07) is 9.59. The predicted molar refractivity (Wildman–Crippen MR) is 85.9 cm³/mol. The predicted octanol–water partition coefficient (Wildman–Crippen LogP) is 5.25. The first-order valence-corrected chi connectivity index (χ1v) is 8.63. The lowest BCUT2D eigenvalue weighted by Crippen LogP contribution is -2.09. The molecule has 18 heavy (non-hydrogen) atoms. The molecule has 0 saturated heterocycles. The van der Waals surface area contributed by atoms with Crippen LogP contribution in [0.1, 0.15) is 9.67 Å². The summed E-state index contributed by atoms with van der Waals surface area (Å²) < 4.78 is 1.82. The van der Waals surface area contributed by atoms with Crippen molar-refractivity contribution < 1.29 is 4.79 Å². The maximum absolute atomic E-state index is 12.0. The second kappa shape index (κ2) is 6.23. The first kappa shape index (κ1) is 14.1. The summed E-state index contributed by atoms with van der Waals surface area (Å²) in [5.41, 5.74) is 0.804. The molecule has 0 spiro atoms. The smallest absolute Gasteiger partial charge is 0.265 e. The Kier molecular flexibility index (Phi) is 4.89. The molecule has 0 aliphatic heterocycles. The van der Waals surface area contributed by atoms with Crippen LogP contribution in [0.15, 0.2) is 43.5 Å². The fraction of sp³-hybridized carbons (Fsp3) is 0.0833. The lowest BCUT2D eigenvalue weighted by Gasteiger charge is -2.04. The van der Waals surface area contributed by atoms with Crippen molar-refractivity contribution in [2.24, 2.45) is 0 Å². The number of thiophene rings is 1. The van der Waals surface area contributed by atoms with Crippen LogP contribution in [0, 0.1) is 0 Å². The van der Waals surface area contributed by atoms with Gasteiger partial charge in [-0.15, -0.1) is 23.1 Å². The van der Waals surface area contributed by atoms with Gasteiger partial charge >= 0.3 is 0 Å². The molecule has 0 fully saturated rings. The summed E-state index contributed by atoms with van der Waals surface area (Å²) in [7, 11) is 0. The Morgan fingerprint density at radius 1 is 1.28 bits per heavy atom. The second-order valence-corrected chi connectivity index (χ2v) is 7.52. The Hall–Kier alpha value is -0.300. The number of benzene rings is 1. The summed E-state index contributed by atoms with van der Waals surface area (Å²) in [5.74, 6) is -0.0942. The zero-order chi connectivity index (χ0) is 13.1. The third-order valence-electron chi connectivity index (χ3n) is 2.22. The van der Waals surface area contributed by atoms with E-state index in [-0.39, 0.29) is 5.91 Å². The summed E-state index contributed by atoms with van der Waals surface area (Å²) in [4.78, 5) is 13.8. The molecule has 2 aromatic rings. The quantitative estimate of drug-likeness (QED) is 0.705. The fourth-order valence-electron chi connectivity index (χ4n) is 1.33. The van der Waals surface area contributed by atoms with Gasteiger partial charge in [-0.2, -0.15) is 0 Å². The Morgan fingerprint density at radius 2 is 1.94 bits per heavy atom. The Morgan fingerprint density at radius 3 is 2.44 bits per heavy atom. The topological polar surface area (TPSA) is 29.1 Å². The van der Waals surface area contributed by atoms with Gasteiger partial charge in [-0.05, 0) is 68.4 Å². The average molecular weight is 407 g/mol. The van der Waals surface area contributed by atoms with Crippen molar-refractivity contribution in [3.8, 4) is 0 Å². The number of hydrogen-bond donors (Lipinski definition) is 1. The molecule has 0 aliphatic rings. The molecule has 0 aliphatic carbocycles. The fourth-order valence-corrected chi connectivity index (χ4v) is 3.66. The van der Waals surface area contributed by atoms with Gasteiger partial charge in [0, 0.05) is 15.1 Å². The third kappa shape index (κ3) is 3.38. The molecule has 0 unspecified atom stereocenters. The van der Waals surface area contributed by atoms with E-state index in [9.17, 15) is 4.79 Å². The minimum atomic E-state index is -0.0942. The largest absolute Gasteiger partial charge is 0.321 e. The molecule has 0 radical (unpaired) electrons. The minimum absolute atomic E-state index is 0.0942. The van der Waals surface area contributed by atoms with Crippen LogP contribution in [0.2, 0.25) is 0 Å². The van der Waals surface area contributed by atoms with Crippen LogP contribution in [0.3, 0.4) is 0 Å². The van der Waals surface area contributed by atoms with Crippen LogP contribution >= 0.6 is 55.0 Å². The van der Waals surface area contributed by atoms with Crippen molar-refractivity contribution in [1.29, 1.82) is 0 Å². The number of rotatable bonds is 3. The van der Waals surface area contributed by atoms with E-state index in [0.717, 1.165) is 13.9 Å². The molecule has 6 heteroatoms. The standard InChI is InChI=1S/C12H9Br2NOS2/c1-17-8-4-2-7(3-5-8)15-12(16)10-6-9(13)11(14)18-10/h2-6H,1H3,(H,15,16). The number of carbonyl (C=O) groups is 1.